The lowest BCUT2D eigenvalue weighted by atomic mass is 10.2. The number of nitrogens with one attached hydrogen (secondary N) is 1. The summed E-state index contributed by atoms with van der Waals surface area (Å²) < 4.78 is 21.1. The van der Waals surface area contributed by atoms with E-state index in [1.54, 1.807) is 6.07 Å². The smallest absolute Gasteiger partial charge is 0.124 e. The van der Waals surface area contributed by atoms with Crippen molar-refractivity contribution < 1.29 is 9.13 Å². The Bertz CT molecular complexity index is 891. The van der Waals surface area contributed by atoms with Crippen LogP contribution in [0.15, 0.2) is 48.7 Å². The van der Waals surface area contributed by atoms with Crippen molar-refractivity contribution in [3.8, 4) is 0 Å². The van der Waals surface area contributed by atoms with Gasteiger partial charge in [-0.25, -0.2) is 4.39 Å². The molecule has 1 heterocycles. The molecule has 0 saturated carbocycles. The van der Waals surface area contributed by atoms with Crippen molar-refractivity contribution in [2.45, 2.75) is 39.5 Å². The van der Waals surface area contributed by atoms with E-state index < -0.39 is 0 Å². The van der Waals surface area contributed by atoms with Crippen LogP contribution in [-0.4, -0.2) is 23.8 Å². The molecular weight excluding hydrogens is 363 g/mol. The number of fused-ring (bicyclic) bond motifs is 1. The van der Waals surface area contributed by atoms with Gasteiger partial charge in [-0.1, -0.05) is 35.9 Å². The summed E-state index contributed by atoms with van der Waals surface area (Å²) in [6.07, 6.45) is 3.42. The molecule has 144 valence electrons. The van der Waals surface area contributed by atoms with Crippen molar-refractivity contribution in [1.29, 1.82) is 0 Å². The fourth-order valence-corrected chi connectivity index (χ4v) is 3.39. The van der Waals surface area contributed by atoms with Gasteiger partial charge in [-0.05, 0) is 56.1 Å². The maximum absolute atomic E-state index is 13.3. The summed E-state index contributed by atoms with van der Waals surface area (Å²) in [5.74, 6) is -0.313. The molecule has 3 rings (SSSR count). The minimum atomic E-state index is -0.313. The van der Waals surface area contributed by atoms with Crippen LogP contribution in [0.2, 0.25) is 5.02 Å². The minimum absolute atomic E-state index is 0.279. The molecule has 0 radical (unpaired) electrons. The Balaban J connectivity index is 1.70. The molecule has 0 unspecified atom stereocenters. The molecule has 0 aliphatic rings. The van der Waals surface area contributed by atoms with E-state index in [0.29, 0.717) is 11.6 Å². The number of hydrogen-bond donors (Lipinski definition) is 1. The number of nitrogens with zero attached hydrogens (tertiary/aromatic N) is 1. The quantitative estimate of drug-likeness (QED) is 0.497. The van der Waals surface area contributed by atoms with Gasteiger partial charge in [-0.3, -0.25) is 0 Å². The Morgan fingerprint density at radius 3 is 2.74 bits per heavy atom. The predicted octanol–water partition coefficient (Wildman–Crippen LogP) is 5.39. The van der Waals surface area contributed by atoms with E-state index in [2.05, 4.69) is 48.1 Å². The lowest BCUT2D eigenvalue weighted by Gasteiger charge is -2.08. The van der Waals surface area contributed by atoms with Crippen LogP contribution in [-0.2, 0) is 17.8 Å². The van der Waals surface area contributed by atoms with E-state index in [1.807, 2.05) is 6.07 Å². The molecule has 3 aromatic rings. The average Bonchev–Trinajstić information content (AvgIpc) is 2.98. The zero-order valence-electron chi connectivity index (χ0n) is 15.8. The second-order valence-corrected chi connectivity index (χ2v) is 7.39. The van der Waals surface area contributed by atoms with Crippen molar-refractivity contribution in [2.75, 3.05) is 13.2 Å². The SMILES string of the molecule is CC(C)OCCCNCc1cn(Cc2ccc(F)cc2Cl)c2ccccc12. The largest absolute Gasteiger partial charge is 0.379 e. The van der Waals surface area contributed by atoms with Gasteiger partial charge in [-0.15, -0.1) is 0 Å². The fourth-order valence-electron chi connectivity index (χ4n) is 3.17. The van der Waals surface area contributed by atoms with E-state index in [1.165, 1.54) is 23.1 Å². The summed E-state index contributed by atoms with van der Waals surface area (Å²) in [4.78, 5) is 0. The number of halogens is 2. The first-order valence-electron chi connectivity index (χ1n) is 9.37. The van der Waals surface area contributed by atoms with Crippen molar-refractivity contribution in [1.82, 2.24) is 9.88 Å². The number of hydrogen-bond acceptors (Lipinski definition) is 2. The summed E-state index contributed by atoms with van der Waals surface area (Å²) in [5, 5.41) is 5.17. The Morgan fingerprint density at radius 1 is 1.15 bits per heavy atom. The first kappa shape index (κ1) is 19.9. The van der Waals surface area contributed by atoms with Gasteiger partial charge in [-0.2, -0.15) is 0 Å². The Kier molecular flexibility index (Phi) is 6.89. The molecule has 0 amide bonds. The van der Waals surface area contributed by atoms with Gasteiger partial charge in [0.1, 0.15) is 5.82 Å². The third kappa shape index (κ3) is 5.32. The standard InChI is InChI=1S/C22H26ClFN2O/c1-16(2)27-11-5-10-25-13-18-15-26(22-7-4-3-6-20(18)22)14-17-8-9-19(24)12-21(17)23/h3-4,6-9,12,15-16,25H,5,10-11,13-14H2,1-2H3. The zero-order chi connectivity index (χ0) is 19.2. The average molecular weight is 389 g/mol. The van der Waals surface area contributed by atoms with Crippen molar-refractivity contribution in [3.63, 3.8) is 0 Å². The van der Waals surface area contributed by atoms with Crippen molar-refractivity contribution >= 4 is 22.5 Å². The second kappa shape index (κ2) is 9.36. The molecule has 2 aromatic carbocycles. The van der Waals surface area contributed by atoms with E-state index in [-0.39, 0.29) is 11.9 Å². The Labute approximate surface area is 165 Å². The molecule has 0 fully saturated rings. The van der Waals surface area contributed by atoms with Gasteiger partial charge < -0.3 is 14.6 Å². The van der Waals surface area contributed by atoms with Gasteiger partial charge in [0.2, 0.25) is 0 Å². The van der Waals surface area contributed by atoms with Crippen LogP contribution in [0.25, 0.3) is 10.9 Å². The normalized spacial score (nSPS) is 11.6. The molecule has 27 heavy (non-hydrogen) atoms. The van der Waals surface area contributed by atoms with Crippen LogP contribution in [0.3, 0.4) is 0 Å². The molecule has 1 aromatic heterocycles. The van der Waals surface area contributed by atoms with E-state index in [4.69, 9.17) is 16.3 Å². The highest BCUT2D eigenvalue weighted by Crippen LogP contribution is 2.25. The Morgan fingerprint density at radius 2 is 1.96 bits per heavy atom. The molecular formula is C22H26ClFN2O. The van der Waals surface area contributed by atoms with Crippen molar-refractivity contribution in [3.05, 3.63) is 70.6 Å². The van der Waals surface area contributed by atoms with Crippen LogP contribution in [0.4, 0.5) is 4.39 Å². The van der Waals surface area contributed by atoms with Gasteiger partial charge in [0, 0.05) is 41.8 Å². The first-order chi connectivity index (χ1) is 13.0. The van der Waals surface area contributed by atoms with Crippen LogP contribution in [0.1, 0.15) is 31.4 Å². The lowest BCUT2D eigenvalue weighted by molar-refractivity contribution is 0.0770. The summed E-state index contributed by atoms with van der Waals surface area (Å²) in [6.45, 7) is 7.20. The number of para-hydroxylation sites is 1. The van der Waals surface area contributed by atoms with Crippen LogP contribution < -0.4 is 5.32 Å². The molecule has 5 heteroatoms. The lowest BCUT2D eigenvalue weighted by Crippen LogP contribution is -2.17. The molecule has 1 N–H and O–H groups in total. The van der Waals surface area contributed by atoms with Gasteiger partial charge in [0.05, 0.1) is 6.10 Å². The molecule has 0 atom stereocenters. The maximum atomic E-state index is 13.3. The summed E-state index contributed by atoms with van der Waals surface area (Å²) >= 11 is 6.21. The monoisotopic (exact) mass is 388 g/mol. The van der Waals surface area contributed by atoms with E-state index >= 15 is 0 Å². The van der Waals surface area contributed by atoms with Crippen LogP contribution in [0, 0.1) is 5.82 Å². The highest BCUT2D eigenvalue weighted by molar-refractivity contribution is 6.31. The third-order valence-corrected chi connectivity index (χ3v) is 4.84. The molecule has 0 aliphatic carbocycles. The summed E-state index contributed by atoms with van der Waals surface area (Å²) in [7, 11) is 0. The Hall–Kier alpha value is -1.88. The first-order valence-corrected chi connectivity index (χ1v) is 9.75. The second-order valence-electron chi connectivity index (χ2n) is 6.98. The molecule has 0 bridgehead atoms. The van der Waals surface area contributed by atoms with E-state index in [0.717, 1.165) is 37.2 Å². The van der Waals surface area contributed by atoms with Gasteiger partial charge in [0.25, 0.3) is 0 Å². The predicted molar refractivity (Wildman–Crippen MR) is 110 cm³/mol. The zero-order valence-corrected chi connectivity index (χ0v) is 16.6. The highest BCUT2D eigenvalue weighted by Gasteiger charge is 2.10. The minimum Gasteiger partial charge on any atom is -0.379 e. The fraction of sp³-hybridized carbons (Fsp3) is 0.364. The van der Waals surface area contributed by atoms with Crippen molar-refractivity contribution in [2.24, 2.45) is 0 Å². The molecule has 0 saturated heterocycles. The van der Waals surface area contributed by atoms with Gasteiger partial charge in [0.15, 0.2) is 0 Å². The van der Waals surface area contributed by atoms with Gasteiger partial charge >= 0.3 is 0 Å². The third-order valence-electron chi connectivity index (χ3n) is 4.49. The molecule has 3 nitrogen and oxygen atoms in total. The molecule has 0 aliphatic heterocycles. The number of benzene rings is 2. The number of ether oxygens (including phenoxy) is 1. The maximum Gasteiger partial charge on any atom is 0.124 e. The highest BCUT2D eigenvalue weighted by atomic mass is 35.5. The molecule has 0 spiro atoms. The number of rotatable bonds is 9. The summed E-state index contributed by atoms with van der Waals surface area (Å²) in [6, 6.07) is 12.9. The van der Waals surface area contributed by atoms with E-state index in [9.17, 15) is 4.39 Å². The summed E-state index contributed by atoms with van der Waals surface area (Å²) in [5.41, 5.74) is 3.30. The van der Waals surface area contributed by atoms with Crippen LogP contribution >= 0.6 is 11.6 Å². The topological polar surface area (TPSA) is 26.2 Å². The van der Waals surface area contributed by atoms with Crippen LogP contribution in [0.5, 0.6) is 0 Å². The number of aromatic nitrogens is 1.